The SMILES string of the molecule is CCOc1cc(/C=C2/C(=O)NN(c3ccc(F)cc3)C2=O)cc(Cl)c1O. The van der Waals surface area contributed by atoms with Crippen LogP contribution in [-0.4, -0.2) is 23.5 Å². The van der Waals surface area contributed by atoms with E-state index in [1.807, 2.05) is 0 Å². The largest absolute Gasteiger partial charge is 0.503 e. The Bertz CT molecular complexity index is 912. The zero-order valence-corrected chi connectivity index (χ0v) is 14.4. The summed E-state index contributed by atoms with van der Waals surface area (Å²) in [7, 11) is 0. The molecule has 0 aliphatic carbocycles. The lowest BCUT2D eigenvalue weighted by molar-refractivity contribution is -0.117. The molecule has 1 heterocycles. The molecule has 0 atom stereocenters. The summed E-state index contributed by atoms with van der Waals surface area (Å²) in [6.45, 7) is 2.05. The molecular formula is C18H14ClFN2O4. The summed E-state index contributed by atoms with van der Waals surface area (Å²) in [6.07, 6.45) is 1.34. The van der Waals surface area contributed by atoms with Crippen LogP contribution in [0.25, 0.3) is 6.08 Å². The molecule has 1 aliphatic heterocycles. The molecule has 8 heteroatoms. The first-order chi connectivity index (χ1) is 12.4. The maximum atomic E-state index is 13.0. The summed E-state index contributed by atoms with van der Waals surface area (Å²) in [5, 5.41) is 10.9. The second kappa shape index (κ2) is 7.05. The van der Waals surface area contributed by atoms with Crippen LogP contribution in [0.2, 0.25) is 5.02 Å². The third-order valence-corrected chi connectivity index (χ3v) is 3.93. The Morgan fingerprint density at radius 1 is 1.27 bits per heavy atom. The van der Waals surface area contributed by atoms with Gasteiger partial charge in [0.1, 0.15) is 11.4 Å². The molecule has 2 aromatic rings. The Hall–Kier alpha value is -3.06. The summed E-state index contributed by atoms with van der Waals surface area (Å²) in [6, 6.07) is 8.00. The topological polar surface area (TPSA) is 78.9 Å². The standard InChI is InChI=1S/C18H14ClFN2O4/c1-2-26-15-9-10(8-14(19)16(15)23)7-13-17(24)21-22(18(13)25)12-5-3-11(20)4-6-12/h3-9,23H,2H2,1H3,(H,21,24)/b13-7-. The van der Waals surface area contributed by atoms with Crippen LogP contribution in [0, 0.1) is 5.82 Å². The van der Waals surface area contributed by atoms with Crippen molar-refractivity contribution in [1.29, 1.82) is 0 Å². The fourth-order valence-corrected chi connectivity index (χ4v) is 2.66. The number of phenols is 1. The maximum absolute atomic E-state index is 13.0. The van der Waals surface area contributed by atoms with Gasteiger partial charge in [0.15, 0.2) is 11.5 Å². The number of phenolic OH excluding ortho intramolecular Hbond substituents is 1. The van der Waals surface area contributed by atoms with Gasteiger partial charge in [0.05, 0.1) is 17.3 Å². The lowest BCUT2D eigenvalue weighted by atomic mass is 10.1. The van der Waals surface area contributed by atoms with Crippen molar-refractivity contribution in [2.24, 2.45) is 0 Å². The molecule has 1 fully saturated rings. The van der Waals surface area contributed by atoms with Gasteiger partial charge < -0.3 is 9.84 Å². The normalized spacial score (nSPS) is 15.5. The summed E-state index contributed by atoms with van der Waals surface area (Å²) in [4.78, 5) is 24.7. The highest BCUT2D eigenvalue weighted by Crippen LogP contribution is 2.36. The number of carbonyl (C=O) groups excluding carboxylic acids is 2. The molecule has 0 spiro atoms. The minimum absolute atomic E-state index is 0.0315. The van der Waals surface area contributed by atoms with Gasteiger partial charge in [0.25, 0.3) is 11.8 Å². The van der Waals surface area contributed by atoms with E-state index in [-0.39, 0.29) is 22.1 Å². The van der Waals surface area contributed by atoms with E-state index in [9.17, 15) is 19.1 Å². The smallest absolute Gasteiger partial charge is 0.282 e. The van der Waals surface area contributed by atoms with Crippen LogP contribution in [0.3, 0.4) is 0 Å². The highest BCUT2D eigenvalue weighted by Gasteiger charge is 2.34. The lowest BCUT2D eigenvalue weighted by Gasteiger charge is -2.14. The van der Waals surface area contributed by atoms with Gasteiger partial charge in [0.2, 0.25) is 0 Å². The molecule has 2 aromatic carbocycles. The van der Waals surface area contributed by atoms with E-state index in [1.165, 1.54) is 42.5 Å². The summed E-state index contributed by atoms with van der Waals surface area (Å²) in [5.41, 5.74) is 3.03. The third kappa shape index (κ3) is 3.34. The van der Waals surface area contributed by atoms with E-state index in [4.69, 9.17) is 16.3 Å². The van der Waals surface area contributed by atoms with E-state index < -0.39 is 17.6 Å². The number of nitrogens with one attached hydrogen (secondary N) is 1. The van der Waals surface area contributed by atoms with Crippen LogP contribution in [-0.2, 0) is 9.59 Å². The molecule has 0 aromatic heterocycles. The van der Waals surface area contributed by atoms with Gasteiger partial charge in [-0.25, -0.2) is 9.40 Å². The molecule has 0 bridgehead atoms. The molecule has 134 valence electrons. The molecule has 26 heavy (non-hydrogen) atoms. The van der Waals surface area contributed by atoms with Crippen molar-refractivity contribution in [2.75, 3.05) is 11.6 Å². The van der Waals surface area contributed by atoms with Crippen LogP contribution >= 0.6 is 11.6 Å². The minimum atomic E-state index is -0.610. The average Bonchev–Trinajstić information content (AvgIpc) is 2.88. The Morgan fingerprint density at radius 3 is 2.62 bits per heavy atom. The van der Waals surface area contributed by atoms with Crippen LogP contribution in [0.15, 0.2) is 42.0 Å². The number of aromatic hydroxyl groups is 1. The minimum Gasteiger partial charge on any atom is -0.503 e. The van der Waals surface area contributed by atoms with Crippen molar-refractivity contribution in [3.63, 3.8) is 0 Å². The number of anilines is 1. The van der Waals surface area contributed by atoms with Crippen molar-refractivity contribution in [3.05, 3.63) is 58.4 Å². The molecule has 1 aliphatic rings. The van der Waals surface area contributed by atoms with Crippen molar-refractivity contribution in [1.82, 2.24) is 5.43 Å². The van der Waals surface area contributed by atoms with Crippen molar-refractivity contribution in [3.8, 4) is 11.5 Å². The quantitative estimate of drug-likeness (QED) is 0.635. The number of rotatable bonds is 4. The average molecular weight is 377 g/mol. The Kier molecular flexibility index (Phi) is 4.81. The second-order valence-electron chi connectivity index (χ2n) is 5.40. The molecule has 2 N–H and O–H groups in total. The highest BCUT2D eigenvalue weighted by molar-refractivity contribution is 6.33. The number of benzene rings is 2. The number of carbonyl (C=O) groups is 2. The number of nitrogens with zero attached hydrogens (tertiary/aromatic N) is 1. The van der Waals surface area contributed by atoms with E-state index in [0.717, 1.165) is 5.01 Å². The maximum Gasteiger partial charge on any atom is 0.282 e. The van der Waals surface area contributed by atoms with E-state index in [2.05, 4.69) is 5.43 Å². The van der Waals surface area contributed by atoms with Gasteiger partial charge in [-0.1, -0.05) is 11.6 Å². The number of hydrogen-bond donors (Lipinski definition) is 2. The Balaban J connectivity index is 1.95. The second-order valence-corrected chi connectivity index (χ2v) is 5.81. The van der Waals surface area contributed by atoms with Crippen LogP contribution < -0.4 is 15.2 Å². The van der Waals surface area contributed by atoms with Crippen molar-refractivity contribution < 1.29 is 23.8 Å². The van der Waals surface area contributed by atoms with E-state index in [0.29, 0.717) is 17.9 Å². The molecular weight excluding hydrogens is 363 g/mol. The monoisotopic (exact) mass is 376 g/mol. The zero-order valence-electron chi connectivity index (χ0n) is 13.6. The Labute approximate surface area is 153 Å². The zero-order chi connectivity index (χ0) is 18.8. The molecule has 1 saturated heterocycles. The summed E-state index contributed by atoms with van der Waals surface area (Å²) >= 11 is 5.96. The molecule has 0 unspecified atom stereocenters. The van der Waals surface area contributed by atoms with Crippen molar-refractivity contribution in [2.45, 2.75) is 6.92 Å². The Morgan fingerprint density at radius 2 is 1.96 bits per heavy atom. The van der Waals surface area contributed by atoms with Gasteiger partial charge in [0, 0.05) is 0 Å². The predicted molar refractivity (Wildman–Crippen MR) is 94.3 cm³/mol. The fourth-order valence-electron chi connectivity index (χ4n) is 2.44. The van der Waals surface area contributed by atoms with Gasteiger partial charge in [-0.3, -0.25) is 15.0 Å². The molecule has 6 nitrogen and oxygen atoms in total. The number of ether oxygens (including phenoxy) is 1. The van der Waals surface area contributed by atoms with Gasteiger partial charge >= 0.3 is 0 Å². The van der Waals surface area contributed by atoms with Gasteiger partial charge in [-0.2, -0.15) is 0 Å². The van der Waals surface area contributed by atoms with Crippen LogP contribution in [0.4, 0.5) is 10.1 Å². The van der Waals surface area contributed by atoms with Gasteiger partial charge in [-0.05, 0) is 55.0 Å². The first kappa shape index (κ1) is 17.8. The van der Waals surface area contributed by atoms with Crippen molar-refractivity contribution >= 4 is 35.2 Å². The molecule has 0 radical (unpaired) electrons. The third-order valence-electron chi connectivity index (χ3n) is 3.64. The van der Waals surface area contributed by atoms with Gasteiger partial charge in [-0.15, -0.1) is 0 Å². The highest BCUT2D eigenvalue weighted by atomic mass is 35.5. The van der Waals surface area contributed by atoms with Crippen LogP contribution in [0.5, 0.6) is 11.5 Å². The molecule has 0 saturated carbocycles. The predicted octanol–water partition coefficient (Wildman–Crippen LogP) is 3.04. The summed E-state index contributed by atoms with van der Waals surface area (Å²) in [5.74, 6) is -1.73. The van der Waals surface area contributed by atoms with E-state index in [1.54, 1.807) is 6.92 Å². The molecule has 2 amide bonds. The number of hydrazine groups is 1. The van der Waals surface area contributed by atoms with E-state index >= 15 is 0 Å². The lowest BCUT2D eigenvalue weighted by Crippen LogP contribution is -2.35. The molecule has 3 rings (SSSR count). The fraction of sp³-hybridized carbons (Fsp3) is 0.111. The number of hydrogen-bond acceptors (Lipinski definition) is 4. The number of halogens is 2. The summed E-state index contributed by atoms with van der Waals surface area (Å²) < 4.78 is 18.3. The van der Waals surface area contributed by atoms with Crippen LogP contribution in [0.1, 0.15) is 12.5 Å². The first-order valence-corrected chi connectivity index (χ1v) is 8.06. The number of amides is 2. The first-order valence-electron chi connectivity index (χ1n) is 7.68.